The maximum absolute atomic E-state index is 13.5. The first-order chi connectivity index (χ1) is 22.3. The number of hydrogen-bond donors (Lipinski definition) is 6. The van der Waals surface area contributed by atoms with Gasteiger partial charge in [-0.2, -0.15) is 10.5 Å². The summed E-state index contributed by atoms with van der Waals surface area (Å²) in [5.74, 6) is -14.8. The third kappa shape index (κ3) is 6.14. The Morgan fingerprint density at radius 3 is 1.23 bits per heavy atom. The Balaban J connectivity index is 0.000000260. The Morgan fingerprint density at radius 1 is 0.667 bits per heavy atom. The van der Waals surface area contributed by atoms with Crippen LogP contribution < -0.4 is 10.6 Å². The number of benzene rings is 2. The number of aliphatic hydroxyl groups excluding tert-OH is 2. The van der Waals surface area contributed by atoms with E-state index in [4.69, 9.17) is 10.2 Å². The number of amides is 2. The van der Waals surface area contributed by atoms with E-state index >= 15 is 0 Å². The topological polar surface area (TPSA) is 255 Å². The van der Waals surface area contributed by atoms with Gasteiger partial charge in [-0.1, -0.05) is 0 Å². The minimum Gasteiger partial charge on any atom is -0.506 e. The van der Waals surface area contributed by atoms with Crippen LogP contribution in [0.25, 0.3) is 11.5 Å². The molecule has 0 aliphatic heterocycles. The largest absolute Gasteiger partial charge is 0.506 e. The number of ketones is 2. The summed E-state index contributed by atoms with van der Waals surface area (Å²) in [6.45, 7) is 0.498. The van der Waals surface area contributed by atoms with Gasteiger partial charge < -0.3 is 31.1 Å². The Kier molecular flexibility index (Phi) is 9.76. The molecule has 0 aromatic heterocycles. The van der Waals surface area contributed by atoms with E-state index in [0.29, 0.717) is 24.3 Å². The van der Waals surface area contributed by atoms with Crippen LogP contribution in [-0.4, -0.2) is 68.8 Å². The molecule has 2 aromatic rings. The standard InChI is InChI=1S/2C15H10F2N2O5/c2*1-15(5-18)7-3-9(17)8(16)2-6(7)12(22)11(13(15)23)14(24)19-4-10(20)21/h2*2-3,22H,4H2,1H3,(H,19,24)(H,20,21)/t2*15-/m10/s1. The molecule has 2 atom stereocenters. The van der Waals surface area contributed by atoms with E-state index in [1.165, 1.54) is 0 Å². The number of hydrogen-bond acceptors (Lipinski definition) is 10. The summed E-state index contributed by atoms with van der Waals surface area (Å²) in [5.41, 5.74) is -7.24. The van der Waals surface area contributed by atoms with Gasteiger partial charge in [0.2, 0.25) is 0 Å². The minimum absolute atomic E-state index is 0.291. The van der Waals surface area contributed by atoms with Crippen LogP contribution in [-0.2, 0) is 39.6 Å². The fourth-order valence-corrected chi connectivity index (χ4v) is 4.67. The minimum atomic E-state index is -2.05. The van der Waals surface area contributed by atoms with Crippen molar-refractivity contribution in [3.63, 3.8) is 0 Å². The Hall–Kier alpha value is -6.56. The molecule has 0 saturated heterocycles. The van der Waals surface area contributed by atoms with Crippen molar-refractivity contribution in [3.05, 3.63) is 80.9 Å². The average molecular weight is 673 g/mol. The summed E-state index contributed by atoms with van der Waals surface area (Å²) in [6, 6.07) is 5.58. The van der Waals surface area contributed by atoms with Crippen LogP contribution in [0.4, 0.5) is 17.6 Å². The molecular formula is C30H20F4N4O10. The monoisotopic (exact) mass is 672 g/mol. The zero-order valence-corrected chi connectivity index (χ0v) is 24.4. The van der Waals surface area contributed by atoms with Gasteiger partial charge in [-0.05, 0) is 49.2 Å². The molecule has 2 aliphatic rings. The highest BCUT2D eigenvalue weighted by Gasteiger charge is 2.49. The normalized spacial score (nSPS) is 19.5. The molecular weight excluding hydrogens is 652 g/mol. The van der Waals surface area contributed by atoms with Gasteiger partial charge in [0.25, 0.3) is 11.8 Å². The van der Waals surface area contributed by atoms with Crippen molar-refractivity contribution in [2.45, 2.75) is 24.7 Å². The molecule has 0 radical (unpaired) electrons. The summed E-state index contributed by atoms with van der Waals surface area (Å²) >= 11 is 0. The average Bonchev–Trinajstić information content (AvgIpc) is 3.03. The van der Waals surface area contributed by atoms with E-state index in [0.717, 1.165) is 13.8 Å². The number of nitriles is 2. The van der Waals surface area contributed by atoms with Gasteiger partial charge in [-0.15, -0.1) is 0 Å². The van der Waals surface area contributed by atoms with Crippen molar-refractivity contribution in [3.8, 4) is 12.1 Å². The lowest BCUT2D eigenvalue weighted by Gasteiger charge is -2.29. The van der Waals surface area contributed by atoms with E-state index in [-0.39, 0.29) is 11.1 Å². The third-order valence-corrected chi connectivity index (χ3v) is 7.25. The van der Waals surface area contributed by atoms with Crippen LogP contribution in [0.1, 0.15) is 36.1 Å². The maximum Gasteiger partial charge on any atom is 0.322 e. The van der Waals surface area contributed by atoms with Gasteiger partial charge >= 0.3 is 11.9 Å². The SMILES string of the molecule is C[C@@]1(C#N)C(=O)C(C(=O)NCC(=O)O)=C(O)c2cc(F)c(F)cc21.C[C@]1(C#N)C(=O)C(C(=O)NCC(=O)O)=C(O)c2cc(F)c(F)cc21. The first-order valence-electron chi connectivity index (χ1n) is 13.0. The summed E-state index contributed by atoms with van der Waals surface area (Å²) in [5, 5.41) is 59.7. The quantitative estimate of drug-likeness (QED) is 0.189. The molecule has 0 bridgehead atoms. The van der Waals surface area contributed by atoms with E-state index < -0.39 is 116 Å². The van der Waals surface area contributed by atoms with E-state index in [1.54, 1.807) is 12.1 Å². The molecule has 18 heteroatoms. The number of carbonyl (C=O) groups excluding carboxylic acids is 4. The molecule has 6 N–H and O–H groups in total. The van der Waals surface area contributed by atoms with E-state index in [2.05, 4.69) is 0 Å². The number of nitrogens with zero attached hydrogens (tertiary/aromatic N) is 2. The fourth-order valence-electron chi connectivity index (χ4n) is 4.67. The van der Waals surface area contributed by atoms with Crippen LogP contribution in [0, 0.1) is 45.9 Å². The van der Waals surface area contributed by atoms with E-state index in [1.807, 2.05) is 10.6 Å². The molecule has 0 fully saturated rings. The number of aliphatic carboxylic acids is 2. The molecule has 2 aromatic carbocycles. The number of carboxylic acids is 2. The first-order valence-corrected chi connectivity index (χ1v) is 13.0. The van der Waals surface area contributed by atoms with E-state index in [9.17, 15) is 67.1 Å². The van der Waals surface area contributed by atoms with Gasteiger partial charge in [0.1, 0.15) is 46.6 Å². The molecule has 2 amide bonds. The van der Waals surface area contributed by atoms with Crippen LogP contribution in [0.15, 0.2) is 35.4 Å². The lowest BCUT2D eigenvalue weighted by atomic mass is 9.70. The number of carbonyl (C=O) groups is 6. The smallest absolute Gasteiger partial charge is 0.322 e. The summed E-state index contributed by atoms with van der Waals surface area (Å²) in [6.07, 6.45) is 0. The van der Waals surface area contributed by atoms with Gasteiger partial charge in [0, 0.05) is 11.1 Å². The number of nitrogens with one attached hydrogen (secondary N) is 2. The zero-order chi connectivity index (χ0) is 36.5. The van der Waals surface area contributed by atoms with Crippen LogP contribution >= 0.6 is 0 Å². The van der Waals surface area contributed by atoms with Gasteiger partial charge in [0.05, 0.1) is 12.1 Å². The van der Waals surface area contributed by atoms with Crippen molar-refractivity contribution in [1.29, 1.82) is 10.5 Å². The predicted octanol–water partition coefficient (Wildman–Crippen LogP) is 1.60. The zero-order valence-electron chi connectivity index (χ0n) is 24.4. The maximum atomic E-state index is 13.5. The summed E-state index contributed by atoms with van der Waals surface area (Å²) in [7, 11) is 0. The second kappa shape index (κ2) is 13.0. The number of aliphatic hydroxyl groups is 2. The van der Waals surface area contributed by atoms with Crippen molar-refractivity contribution in [2.75, 3.05) is 13.1 Å². The molecule has 0 saturated carbocycles. The van der Waals surface area contributed by atoms with Gasteiger partial charge in [0.15, 0.2) is 34.8 Å². The second-order valence-electron chi connectivity index (χ2n) is 10.4. The highest BCUT2D eigenvalue weighted by Crippen LogP contribution is 2.41. The van der Waals surface area contributed by atoms with Crippen LogP contribution in [0.2, 0.25) is 0 Å². The molecule has 48 heavy (non-hydrogen) atoms. The van der Waals surface area contributed by atoms with Crippen molar-refractivity contribution < 1.29 is 66.8 Å². The first kappa shape index (κ1) is 35.9. The summed E-state index contributed by atoms with van der Waals surface area (Å²) in [4.78, 5) is 69.9. The number of fused-ring (bicyclic) bond motifs is 2. The van der Waals surface area contributed by atoms with Gasteiger partial charge in [-0.25, -0.2) is 17.6 Å². The lowest BCUT2D eigenvalue weighted by Crippen LogP contribution is -2.43. The highest BCUT2D eigenvalue weighted by atomic mass is 19.2. The van der Waals surface area contributed by atoms with Gasteiger partial charge in [-0.3, -0.25) is 28.8 Å². The lowest BCUT2D eigenvalue weighted by molar-refractivity contribution is -0.138. The second-order valence-corrected chi connectivity index (χ2v) is 10.4. The van der Waals surface area contributed by atoms with Crippen LogP contribution in [0.5, 0.6) is 0 Å². The fraction of sp³-hybridized carbons (Fsp3) is 0.200. The number of rotatable bonds is 6. The highest BCUT2D eigenvalue weighted by molar-refractivity contribution is 6.30. The summed E-state index contributed by atoms with van der Waals surface area (Å²) < 4.78 is 53.9. The molecule has 0 spiro atoms. The Bertz CT molecular complexity index is 1850. The predicted molar refractivity (Wildman–Crippen MR) is 149 cm³/mol. The number of halogens is 4. The molecule has 0 unspecified atom stereocenters. The number of carboxylic acid groups (broad SMARTS) is 2. The van der Waals surface area contributed by atoms with Crippen LogP contribution in [0.3, 0.4) is 0 Å². The molecule has 2 aliphatic carbocycles. The Labute approximate surface area is 265 Å². The molecule has 4 rings (SSSR count). The third-order valence-electron chi connectivity index (χ3n) is 7.25. The molecule has 0 heterocycles. The van der Waals surface area contributed by atoms with Crippen molar-refractivity contribution >= 4 is 46.8 Å². The van der Waals surface area contributed by atoms with Crippen molar-refractivity contribution in [2.24, 2.45) is 0 Å². The molecule has 14 nitrogen and oxygen atoms in total. The Morgan fingerprint density at radius 2 is 0.958 bits per heavy atom. The van der Waals surface area contributed by atoms with Crippen molar-refractivity contribution in [1.82, 2.24) is 10.6 Å². The molecule has 248 valence electrons. The number of Topliss-reactive ketones (excluding diaryl/α,β-unsaturated/α-hetero) is 2.